The molecule has 0 radical (unpaired) electrons. The Morgan fingerprint density at radius 2 is 2.10 bits per heavy atom. The molecule has 0 aliphatic rings. The predicted octanol–water partition coefficient (Wildman–Crippen LogP) is 2.81. The molecule has 1 aromatic heterocycles. The van der Waals surface area contributed by atoms with E-state index in [4.69, 9.17) is 5.11 Å². The van der Waals surface area contributed by atoms with Gasteiger partial charge in [0.05, 0.1) is 16.9 Å². The predicted molar refractivity (Wildman–Crippen MR) is 78.4 cm³/mol. The van der Waals surface area contributed by atoms with E-state index in [1.165, 1.54) is 12.1 Å². The van der Waals surface area contributed by atoms with Crippen molar-refractivity contribution in [3.05, 3.63) is 40.4 Å². The fourth-order valence-corrected chi connectivity index (χ4v) is 2.07. The summed E-state index contributed by atoms with van der Waals surface area (Å²) in [6.07, 6.45) is -0.0486. The number of nitro benzene ring substituents is 1. The molecular weight excluding hydrogens is 274 g/mol. The second-order valence-electron chi connectivity index (χ2n) is 5.41. The van der Waals surface area contributed by atoms with E-state index < -0.39 is 16.4 Å². The number of carbonyl (C=O) groups is 1. The van der Waals surface area contributed by atoms with Gasteiger partial charge in [0, 0.05) is 23.1 Å². The normalized spacial score (nSPS) is 11.3. The summed E-state index contributed by atoms with van der Waals surface area (Å²) in [7, 11) is 0. The van der Waals surface area contributed by atoms with Gasteiger partial charge in [-0.25, -0.2) is 4.98 Å². The van der Waals surface area contributed by atoms with Crippen LogP contribution in [-0.4, -0.2) is 26.5 Å². The van der Waals surface area contributed by atoms with E-state index in [0.717, 1.165) is 0 Å². The highest BCUT2D eigenvalue weighted by Crippen LogP contribution is 2.23. The minimum Gasteiger partial charge on any atom is -0.481 e. The molecule has 0 fully saturated rings. The molecule has 0 saturated heterocycles. The number of nitro groups is 1. The van der Waals surface area contributed by atoms with Crippen LogP contribution >= 0.6 is 0 Å². The molecule has 7 nitrogen and oxygen atoms in total. The first-order valence-electron chi connectivity index (χ1n) is 6.32. The van der Waals surface area contributed by atoms with Crippen LogP contribution < -0.4 is 5.32 Å². The van der Waals surface area contributed by atoms with Gasteiger partial charge in [-0.3, -0.25) is 14.9 Å². The van der Waals surface area contributed by atoms with Gasteiger partial charge in [0.2, 0.25) is 0 Å². The van der Waals surface area contributed by atoms with Crippen LogP contribution in [0.5, 0.6) is 0 Å². The Morgan fingerprint density at radius 1 is 1.38 bits per heavy atom. The summed E-state index contributed by atoms with van der Waals surface area (Å²) in [4.78, 5) is 25.4. The Labute approximate surface area is 120 Å². The molecule has 1 aromatic carbocycles. The van der Waals surface area contributed by atoms with Crippen LogP contribution in [0.2, 0.25) is 0 Å². The smallest absolute Gasteiger partial charge is 0.305 e. The number of pyridine rings is 1. The van der Waals surface area contributed by atoms with Crippen LogP contribution in [-0.2, 0) is 4.79 Å². The quantitative estimate of drug-likeness (QED) is 0.647. The van der Waals surface area contributed by atoms with E-state index >= 15 is 0 Å². The Kier molecular flexibility index (Phi) is 3.75. The van der Waals surface area contributed by atoms with Gasteiger partial charge in [0.15, 0.2) is 0 Å². The summed E-state index contributed by atoms with van der Waals surface area (Å²) < 4.78 is 0. The summed E-state index contributed by atoms with van der Waals surface area (Å²) in [5.41, 5.74) is -0.0271. The maximum Gasteiger partial charge on any atom is 0.305 e. The second-order valence-corrected chi connectivity index (χ2v) is 5.41. The lowest BCUT2D eigenvalue weighted by atomic mass is 10.0. The van der Waals surface area contributed by atoms with E-state index in [0.29, 0.717) is 16.7 Å². The number of non-ortho nitro benzene ring substituents is 1. The summed E-state index contributed by atoms with van der Waals surface area (Å²) in [6, 6.07) is 7.81. The molecule has 2 N–H and O–H groups in total. The van der Waals surface area contributed by atoms with Crippen molar-refractivity contribution in [3.63, 3.8) is 0 Å². The van der Waals surface area contributed by atoms with Crippen molar-refractivity contribution in [2.24, 2.45) is 0 Å². The van der Waals surface area contributed by atoms with E-state index in [9.17, 15) is 14.9 Å². The molecule has 1 heterocycles. The summed E-state index contributed by atoms with van der Waals surface area (Å²) in [5.74, 6) is -0.369. The molecule has 2 rings (SSSR count). The number of rotatable bonds is 5. The van der Waals surface area contributed by atoms with Crippen LogP contribution in [0.3, 0.4) is 0 Å². The highest BCUT2D eigenvalue weighted by molar-refractivity contribution is 5.82. The monoisotopic (exact) mass is 289 g/mol. The fourth-order valence-electron chi connectivity index (χ4n) is 2.07. The largest absolute Gasteiger partial charge is 0.481 e. The van der Waals surface area contributed by atoms with Gasteiger partial charge in [-0.2, -0.15) is 0 Å². The van der Waals surface area contributed by atoms with Crippen LogP contribution in [0.15, 0.2) is 30.3 Å². The number of fused-ring (bicyclic) bond motifs is 1. The second kappa shape index (κ2) is 5.35. The lowest BCUT2D eigenvalue weighted by Gasteiger charge is -2.25. The minimum absolute atomic E-state index is 0.0104. The minimum atomic E-state index is -0.899. The van der Waals surface area contributed by atoms with Gasteiger partial charge in [0.1, 0.15) is 5.82 Å². The number of hydrogen-bond donors (Lipinski definition) is 2. The summed E-state index contributed by atoms with van der Waals surface area (Å²) in [5, 5.41) is 23.3. The maximum atomic E-state index is 10.8. The third kappa shape index (κ3) is 3.65. The van der Waals surface area contributed by atoms with Gasteiger partial charge in [-0.1, -0.05) is 0 Å². The molecule has 0 unspecified atom stereocenters. The number of aromatic nitrogens is 1. The molecule has 21 heavy (non-hydrogen) atoms. The average molecular weight is 289 g/mol. The van der Waals surface area contributed by atoms with Gasteiger partial charge in [0.25, 0.3) is 5.69 Å². The number of carboxylic acid groups (broad SMARTS) is 1. The molecule has 7 heteroatoms. The van der Waals surface area contributed by atoms with Gasteiger partial charge in [-0.15, -0.1) is 0 Å². The van der Waals surface area contributed by atoms with Crippen molar-refractivity contribution in [3.8, 4) is 0 Å². The average Bonchev–Trinajstić information content (AvgIpc) is 2.35. The van der Waals surface area contributed by atoms with Crippen LogP contribution in [0.4, 0.5) is 11.5 Å². The summed E-state index contributed by atoms with van der Waals surface area (Å²) >= 11 is 0. The van der Waals surface area contributed by atoms with E-state index in [1.54, 1.807) is 32.0 Å². The summed E-state index contributed by atoms with van der Waals surface area (Å²) in [6.45, 7) is 3.53. The zero-order valence-electron chi connectivity index (χ0n) is 11.7. The van der Waals surface area contributed by atoms with Crippen molar-refractivity contribution >= 4 is 28.4 Å². The van der Waals surface area contributed by atoms with Crippen LogP contribution in [0, 0.1) is 10.1 Å². The molecular formula is C14H15N3O4. The number of hydrogen-bond acceptors (Lipinski definition) is 5. The van der Waals surface area contributed by atoms with Crippen LogP contribution in [0.25, 0.3) is 10.9 Å². The Morgan fingerprint density at radius 3 is 2.71 bits per heavy atom. The molecule has 0 amide bonds. The van der Waals surface area contributed by atoms with Gasteiger partial charge < -0.3 is 10.4 Å². The molecule has 110 valence electrons. The van der Waals surface area contributed by atoms with Crippen molar-refractivity contribution in [2.75, 3.05) is 5.32 Å². The first-order chi connectivity index (χ1) is 9.77. The lowest BCUT2D eigenvalue weighted by Crippen LogP contribution is -2.33. The number of nitrogens with zero attached hydrogens (tertiary/aromatic N) is 2. The molecule has 0 saturated carbocycles. The standard InChI is InChI=1S/C14H15N3O4/c1-14(2,8-13(18)19)16-12-6-3-9-7-10(17(20)21)4-5-11(9)15-12/h3-7H,8H2,1-2H3,(H,15,16)(H,18,19). The molecule has 0 atom stereocenters. The fraction of sp³-hybridized carbons (Fsp3) is 0.286. The third-order valence-electron chi connectivity index (χ3n) is 2.94. The van der Waals surface area contributed by atoms with Crippen molar-refractivity contribution in [1.29, 1.82) is 0 Å². The maximum absolute atomic E-state index is 10.8. The SMILES string of the molecule is CC(C)(CC(=O)O)Nc1ccc2cc([N+](=O)[O-])ccc2n1. The van der Waals surface area contributed by atoms with E-state index in [1.807, 2.05) is 0 Å². The molecule has 2 aromatic rings. The molecule has 0 aliphatic carbocycles. The molecule has 0 bridgehead atoms. The highest BCUT2D eigenvalue weighted by atomic mass is 16.6. The first kappa shape index (κ1) is 14.7. The topological polar surface area (TPSA) is 105 Å². The van der Waals surface area contributed by atoms with E-state index in [2.05, 4.69) is 10.3 Å². The van der Waals surface area contributed by atoms with Gasteiger partial charge >= 0.3 is 5.97 Å². The number of aliphatic carboxylic acids is 1. The Bertz CT molecular complexity index is 712. The number of nitrogens with one attached hydrogen (secondary N) is 1. The van der Waals surface area contributed by atoms with E-state index in [-0.39, 0.29) is 12.1 Å². The lowest BCUT2D eigenvalue weighted by molar-refractivity contribution is -0.384. The van der Waals surface area contributed by atoms with Crippen molar-refractivity contribution < 1.29 is 14.8 Å². The first-order valence-corrected chi connectivity index (χ1v) is 6.32. The van der Waals surface area contributed by atoms with Crippen LogP contribution in [0.1, 0.15) is 20.3 Å². The Hall–Kier alpha value is -2.70. The van der Waals surface area contributed by atoms with Gasteiger partial charge in [-0.05, 0) is 32.0 Å². The zero-order valence-corrected chi connectivity index (χ0v) is 11.7. The molecule has 0 aliphatic heterocycles. The third-order valence-corrected chi connectivity index (χ3v) is 2.94. The number of benzene rings is 1. The zero-order chi connectivity index (χ0) is 15.6. The number of carboxylic acids is 1. The highest BCUT2D eigenvalue weighted by Gasteiger charge is 2.22. The van der Waals surface area contributed by atoms with Crippen molar-refractivity contribution in [1.82, 2.24) is 4.98 Å². The Balaban J connectivity index is 2.29. The number of anilines is 1. The van der Waals surface area contributed by atoms with Crippen molar-refractivity contribution in [2.45, 2.75) is 25.8 Å². The molecule has 0 spiro atoms.